The molecule has 0 aliphatic rings. The minimum atomic E-state index is -1.43. The quantitative estimate of drug-likeness (QED) is 0.118. The Bertz CT molecular complexity index is 805. The first-order valence-corrected chi connectivity index (χ1v) is 10.9. The van der Waals surface area contributed by atoms with Gasteiger partial charge in [0.1, 0.15) is 6.04 Å². The second kappa shape index (κ2) is 20.0. The maximum absolute atomic E-state index is 12.9. The first kappa shape index (κ1) is 38.4. The number of Topliss-reactive ketones (excluding diaryl/α,β-unsaturated/α-hetero) is 1. The average Bonchev–Trinajstić information content (AvgIpc) is 2.73. The number of ketones is 1. The van der Waals surface area contributed by atoms with Gasteiger partial charge in [-0.2, -0.15) is 0 Å². The zero-order valence-electron chi connectivity index (χ0n) is 21.2. The molecular formula is C22H35N4O10W-. The number of nitrogens with one attached hydrogen (secondary N) is 3. The van der Waals surface area contributed by atoms with Crippen molar-refractivity contribution in [1.29, 1.82) is 0 Å². The van der Waals surface area contributed by atoms with E-state index in [0.717, 1.165) is 13.8 Å². The Morgan fingerprint density at radius 1 is 0.784 bits per heavy atom. The first-order chi connectivity index (χ1) is 16.6. The molecule has 0 aliphatic heterocycles. The zero-order valence-corrected chi connectivity index (χ0v) is 24.1. The van der Waals surface area contributed by atoms with Crippen molar-refractivity contribution in [2.24, 2.45) is 5.92 Å². The Hall–Kier alpha value is -3.12. The van der Waals surface area contributed by atoms with Crippen LogP contribution in [0.2, 0.25) is 0 Å². The van der Waals surface area contributed by atoms with Crippen LogP contribution in [0, 0.1) is 5.92 Å². The fourth-order valence-corrected chi connectivity index (χ4v) is 2.81. The van der Waals surface area contributed by atoms with Crippen molar-refractivity contribution in [3.05, 3.63) is 18.5 Å². The molecule has 0 rings (SSSR count). The van der Waals surface area contributed by atoms with Crippen molar-refractivity contribution in [3.8, 4) is 0 Å². The van der Waals surface area contributed by atoms with E-state index in [-0.39, 0.29) is 27.5 Å². The van der Waals surface area contributed by atoms with Crippen LogP contribution in [0.5, 0.6) is 0 Å². The van der Waals surface area contributed by atoms with Crippen LogP contribution >= 0.6 is 0 Å². The van der Waals surface area contributed by atoms with Crippen LogP contribution < -0.4 is 16.0 Å². The van der Waals surface area contributed by atoms with E-state index in [4.69, 9.17) is 15.3 Å². The smallest absolute Gasteiger partial charge is 0.305 e. The van der Waals surface area contributed by atoms with Gasteiger partial charge < -0.3 is 36.6 Å². The van der Waals surface area contributed by atoms with Crippen molar-refractivity contribution >= 4 is 41.4 Å². The Morgan fingerprint density at radius 3 is 1.68 bits per heavy atom. The molecule has 37 heavy (non-hydrogen) atoms. The predicted octanol–water partition coefficient (Wildman–Crippen LogP) is 0.0194. The molecule has 0 radical (unpaired) electrons. The van der Waals surface area contributed by atoms with Gasteiger partial charge in [-0.3, -0.25) is 33.6 Å². The van der Waals surface area contributed by atoms with Crippen LogP contribution in [0.25, 0.3) is 5.32 Å². The number of carboxylic acids is 3. The van der Waals surface area contributed by atoms with E-state index in [9.17, 15) is 33.6 Å². The molecule has 210 valence electrons. The van der Waals surface area contributed by atoms with Crippen LogP contribution in [0.3, 0.4) is 0 Å². The van der Waals surface area contributed by atoms with Gasteiger partial charge in [-0.05, 0) is 12.8 Å². The molecule has 0 saturated heterocycles. The number of aliphatic carboxylic acids is 3. The Morgan fingerprint density at radius 2 is 1.30 bits per heavy atom. The molecule has 4 unspecified atom stereocenters. The normalized spacial score (nSPS) is 13.2. The number of carbonyl (C=O) groups is 7. The van der Waals surface area contributed by atoms with Gasteiger partial charge in [0.25, 0.3) is 0 Å². The third-order valence-electron chi connectivity index (χ3n) is 4.46. The van der Waals surface area contributed by atoms with Crippen LogP contribution in [0.1, 0.15) is 53.4 Å². The van der Waals surface area contributed by atoms with E-state index in [0.29, 0.717) is 0 Å². The second-order valence-corrected chi connectivity index (χ2v) is 7.91. The van der Waals surface area contributed by atoms with E-state index >= 15 is 0 Å². The second-order valence-electron chi connectivity index (χ2n) is 7.91. The molecule has 6 N–H and O–H groups in total. The van der Waals surface area contributed by atoms with Crippen molar-refractivity contribution in [2.75, 3.05) is 0 Å². The van der Waals surface area contributed by atoms with E-state index in [2.05, 4.69) is 34.4 Å². The molecule has 0 fully saturated rings. The van der Waals surface area contributed by atoms with Crippen molar-refractivity contribution in [1.82, 2.24) is 16.0 Å². The molecule has 0 heterocycles. The summed E-state index contributed by atoms with van der Waals surface area (Å²) in [5.41, 5.74) is 0. The number of carboxylic acid groups (broad SMARTS) is 3. The van der Waals surface area contributed by atoms with Crippen molar-refractivity contribution in [2.45, 2.75) is 77.7 Å². The summed E-state index contributed by atoms with van der Waals surface area (Å²) in [4.78, 5) is 81.6. The molecule has 0 aromatic heterocycles. The molecule has 3 amide bonds. The minimum absolute atomic E-state index is 0. The zero-order chi connectivity index (χ0) is 28.6. The van der Waals surface area contributed by atoms with Crippen LogP contribution in [-0.4, -0.2) is 81.0 Å². The van der Waals surface area contributed by atoms with Gasteiger partial charge in [-0.25, -0.2) is 0 Å². The average molecular weight is 699 g/mol. The largest absolute Gasteiger partial charge is 0.631 e. The van der Waals surface area contributed by atoms with Gasteiger partial charge >= 0.3 is 17.9 Å². The monoisotopic (exact) mass is 699 g/mol. The van der Waals surface area contributed by atoms with Gasteiger partial charge in [0, 0.05) is 40.8 Å². The third-order valence-corrected chi connectivity index (χ3v) is 4.46. The predicted molar refractivity (Wildman–Crippen MR) is 127 cm³/mol. The standard InChI is InChI=1S/C20H31N4O10.C2H4.W/c1-9(2)18(20(34)23-13(10(3)25)7-16(29)30)24-19(33)12(5-6-15(27)28)22-14(8-17(31)32)21-11(4)26;1-2;/h9,12-14,18H,5-8H2,1-4H3,(H,21,26)(H,23,34)(H,24,33)(H,27,28)(H,29,30)(H,31,32);1-2H2;/q-1;;. The number of nitrogens with zero attached hydrogens (tertiary/aromatic N) is 1. The minimum Gasteiger partial charge on any atom is -0.631 e. The summed E-state index contributed by atoms with van der Waals surface area (Å²) < 4.78 is 0. The molecule has 0 aliphatic carbocycles. The molecule has 0 aromatic carbocycles. The molecule has 0 saturated carbocycles. The Balaban J connectivity index is -0.00000375. The van der Waals surface area contributed by atoms with Gasteiger partial charge in [0.2, 0.25) is 17.7 Å². The molecule has 0 aromatic rings. The van der Waals surface area contributed by atoms with E-state index in [1.54, 1.807) is 13.8 Å². The molecule has 0 bridgehead atoms. The molecule has 0 spiro atoms. The summed E-state index contributed by atoms with van der Waals surface area (Å²) in [5.74, 6) is -7.41. The van der Waals surface area contributed by atoms with Gasteiger partial charge in [-0.1, -0.05) is 32.5 Å². The molecule has 15 heteroatoms. The Kier molecular flexibility index (Phi) is 20.8. The number of rotatable bonds is 16. The van der Waals surface area contributed by atoms with Gasteiger partial charge in [0.15, 0.2) is 5.78 Å². The summed E-state index contributed by atoms with van der Waals surface area (Å²) >= 11 is 0. The summed E-state index contributed by atoms with van der Waals surface area (Å²) in [5, 5.41) is 37.8. The summed E-state index contributed by atoms with van der Waals surface area (Å²) in [7, 11) is 0. The van der Waals surface area contributed by atoms with E-state index < -0.39 is 90.9 Å². The van der Waals surface area contributed by atoms with Gasteiger partial charge in [0.05, 0.1) is 12.5 Å². The fourth-order valence-electron chi connectivity index (χ4n) is 2.81. The number of amides is 3. The van der Waals surface area contributed by atoms with Crippen LogP contribution in [0.15, 0.2) is 13.2 Å². The first-order valence-electron chi connectivity index (χ1n) is 10.9. The summed E-state index contributed by atoms with van der Waals surface area (Å²) in [6.45, 7) is 11.3. The van der Waals surface area contributed by atoms with E-state index in [1.807, 2.05) is 0 Å². The van der Waals surface area contributed by atoms with Crippen molar-refractivity contribution in [3.63, 3.8) is 0 Å². The topological polar surface area (TPSA) is 230 Å². The number of carbonyl (C=O) groups excluding carboxylic acids is 4. The number of hydrogen-bond acceptors (Lipinski definition) is 7. The maximum Gasteiger partial charge on any atom is 0.305 e. The van der Waals surface area contributed by atoms with Crippen LogP contribution in [-0.2, 0) is 54.6 Å². The number of hydrogen-bond donors (Lipinski definition) is 6. The third kappa shape index (κ3) is 17.9. The molecule has 14 nitrogen and oxygen atoms in total. The maximum atomic E-state index is 12.9. The molecule has 4 atom stereocenters. The fraction of sp³-hybridized carbons (Fsp3) is 0.591. The SMILES string of the molecule is C=C.CC(=O)NC(CC(=O)O)[N-]C(CCC(=O)O)C(=O)NC(C(=O)NC(CC(=O)O)C(C)=O)C(C)C.[W]. The Labute approximate surface area is 229 Å². The van der Waals surface area contributed by atoms with Gasteiger partial charge in [-0.15, -0.1) is 13.2 Å². The summed E-state index contributed by atoms with van der Waals surface area (Å²) in [6.07, 6.45) is -3.52. The van der Waals surface area contributed by atoms with Crippen LogP contribution in [0.4, 0.5) is 0 Å². The van der Waals surface area contributed by atoms with Crippen molar-refractivity contribution < 1.29 is 69.9 Å². The molecular weight excluding hydrogens is 664 g/mol. The van der Waals surface area contributed by atoms with E-state index in [1.165, 1.54) is 0 Å². The summed E-state index contributed by atoms with van der Waals surface area (Å²) in [6, 6.07) is -4.00.